The van der Waals surface area contributed by atoms with Crippen molar-refractivity contribution in [2.45, 2.75) is 13.8 Å². The molecule has 1 aromatic carbocycles. The van der Waals surface area contributed by atoms with Gasteiger partial charge in [0.05, 0.1) is 11.7 Å². The normalized spacial score (nSPS) is 9.17. The number of nitrogen functional groups attached to an aromatic ring is 1. The monoisotopic (exact) mass is 181 g/mol. The number of anilines is 1. The van der Waals surface area contributed by atoms with E-state index in [0.717, 1.165) is 16.7 Å². The van der Waals surface area contributed by atoms with Gasteiger partial charge in [0, 0.05) is 5.69 Å². The molecule has 12 heavy (non-hydrogen) atoms. The van der Waals surface area contributed by atoms with Crippen LogP contribution in [0.4, 0.5) is 5.69 Å². The molecule has 0 aliphatic carbocycles. The summed E-state index contributed by atoms with van der Waals surface area (Å²) in [5, 5.41) is 0. The summed E-state index contributed by atoms with van der Waals surface area (Å²) in [7, 11) is 0. The molecule has 0 atom stereocenters. The van der Waals surface area contributed by atoms with Gasteiger partial charge in [0.25, 0.3) is 0 Å². The Hall–Kier alpha value is -1.16. The van der Waals surface area contributed by atoms with Crippen LogP contribution in [0.5, 0.6) is 0 Å². The van der Waals surface area contributed by atoms with Crippen LogP contribution in [0.1, 0.15) is 13.8 Å². The molecule has 64 valence electrons. The van der Waals surface area contributed by atoms with Gasteiger partial charge in [-0.1, -0.05) is 13.8 Å². The molecule has 2 rings (SSSR count). The molecule has 0 unspecified atom stereocenters. The highest BCUT2D eigenvalue weighted by Crippen LogP contribution is 2.13. The Morgan fingerprint density at radius 2 is 1.83 bits per heavy atom. The smallest absolute Gasteiger partial charge is 0.106 e. The first-order valence-corrected chi connectivity index (χ1v) is 4.57. The van der Waals surface area contributed by atoms with Crippen LogP contribution in [0, 0.1) is 0 Å². The van der Waals surface area contributed by atoms with E-state index in [1.165, 1.54) is 11.7 Å². The molecule has 0 fully saturated rings. The number of rotatable bonds is 0. The minimum atomic E-state index is 0.736. The second kappa shape index (κ2) is 4.01. The van der Waals surface area contributed by atoms with Crippen molar-refractivity contribution in [1.29, 1.82) is 0 Å². The van der Waals surface area contributed by atoms with Crippen LogP contribution in [0.3, 0.4) is 0 Å². The van der Waals surface area contributed by atoms with Gasteiger partial charge >= 0.3 is 0 Å². The van der Waals surface area contributed by atoms with Crippen LogP contribution >= 0.6 is 11.7 Å². The van der Waals surface area contributed by atoms with Gasteiger partial charge in [-0.05, 0) is 18.2 Å². The third-order valence-corrected chi connectivity index (χ3v) is 1.83. The van der Waals surface area contributed by atoms with Crippen LogP contribution in [0.25, 0.3) is 11.0 Å². The van der Waals surface area contributed by atoms with Crippen molar-refractivity contribution < 1.29 is 0 Å². The molecule has 1 aromatic heterocycles. The Labute approximate surface area is 75.6 Å². The number of hydrogen-bond donors (Lipinski definition) is 1. The van der Waals surface area contributed by atoms with Crippen LogP contribution in [0.15, 0.2) is 18.2 Å². The Morgan fingerprint density at radius 3 is 2.58 bits per heavy atom. The number of hydrogen-bond acceptors (Lipinski definition) is 4. The van der Waals surface area contributed by atoms with Crippen molar-refractivity contribution >= 4 is 28.4 Å². The minimum absolute atomic E-state index is 0.736. The van der Waals surface area contributed by atoms with Crippen molar-refractivity contribution in [3.8, 4) is 0 Å². The van der Waals surface area contributed by atoms with Crippen LogP contribution in [0.2, 0.25) is 0 Å². The van der Waals surface area contributed by atoms with Crippen molar-refractivity contribution in [1.82, 2.24) is 8.75 Å². The number of benzene rings is 1. The summed E-state index contributed by atoms with van der Waals surface area (Å²) < 4.78 is 8.06. The van der Waals surface area contributed by atoms with Crippen molar-refractivity contribution in [2.24, 2.45) is 0 Å². The van der Waals surface area contributed by atoms with Crippen LogP contribution in [-0.2, 0) is 0 Å². The van der Waals surface area contributed by atoms with Crippen molar-refractivity contribution in [3.05, 3.63) is 18.2 Å². The van der Waals surface area contributed by atoms with E-state index < -0.39 is 0 Å². The summed E-state index contributed by atoms with van der Waals surface area (Å²) in [5.74, 6) is 0. The summed E-state index contributed by atoms with van der Waals surface area (Å²) >= 11 is 1.21. The van der Waals surface area contributed by atoms with Gasteiger partial charge in [-0.2, -0.15) is 8.75 Å². The van der Waals surface area contributed by atoms with Gasteiger partial charge in [-0.25, -0.2) is 0 Å². The zero-order valence-corrected chi connectivity index (χ0v) is 7.93. The quantitative estimate of drug-likeness (QED) is 0.634. The molecule has 0 aliphatic rings. The first-order valence-electron chi connectivity index (χ1n) is 3.84. The van der Waals surface area contributed by atoms with Crippen molar-refractivity contribution in [2.75, 3.05) is 5.73 Å². The van der Waals surface area contributed by atoms with E-state index in [1.54, 1.807) is 0 Å². The third kappa shape index (κ3) is 1.71. The third-order valence-electron chi connectivity index (χ3n) is 1.28. The van der Waals surface area contributed by atoms with E-state index in [4.69, 9.17) is 5.73 Å². The SMILES string of the molecule is CC.Nc1ccc2nsnc2c1. The van der Waals surface area contributed by atoms with E-state index in [-0.39, 0.29) is 0 Å². The van der Waals surface area contributed by atoms with E-state index in [2.05, 4.69) is 8.75 Å². The summed E-state index contributed by atoms with van der Waals surface area (Å²) in [5.41, 5.74) is 8.05. The van der Waals surface area contributed by atoms with Crippen LogP contribution in [-0.4, -0.2) is 8.75 Å². The Morgan fingerprint density at radius 1 is 1.17 bits per heavy atom. The average molecular weight is 181 g/mol. The lowest BCUT2D eigenvalue weighted by molar-refractivity contribution is 1.50. The summed E-state index contributed by atoms with van der Waals surface area (Å²) in [6.45, 7) is 4.00. The first kappa shape index (κ1) is 8.93. The number of nitrogens with zero attached hydrogens (tertiary/aromatic N) is 2. The molecule has 0 bridgehead atoms. The molecular weight excluding hydrogens is 170 g/mol. The number of fused-ring (bicyclic) bond motifs is 1. The second-order valence-corrected chi connectivity index (χ2v) is 2.54. The summed E-state index contributed by atoms with van der Waals surface area (Å²) in [4.78, 5) is 0. The van der Waals surface area contributed by atoms with E-state index in [0.29, 0.717) is 0 Å². The van der Waals surface area contributed by atoms with E-state index >= 15 is 0 Å². The largest absolute Gasteiger partial charge is 0.399 e. The lowest BCUT2D eigenvalue weighted by atomic mass is 10.3. The second-order valence-electron chi connectivity index (χ2n) is 2.01. The van der Waals surface area contributed by atoms with E-state index in [9.17, 15) is 0 Å². The lowest BCUT2D eigenvalue weighted by Gasteiger charge is -1.87. The highest BCUT2D eigenvalue weighted by molar-refractivity contribution is 7.00. The molecule has 0 spiro atoms. The van der Waals surface area contributed by atoms with Gasteiger partial charge in [0.2, 0.25) is 0 Å². The van der Waals surface area contributed by atoms with Crippen molar-refractivity contribution in [3.63, 3.8) is 0 Å². The highest BCUT2D eigenvalue weighted by atomic mass is 32.1. The minimum Gasteiger partial charge on any atom is -0.399 e. The molecule has 0 amide bonds. The summed E-state index contributed by atoms with van der Waals surface area (Å²) in [6, 6.07) is 5.51. The fourth-order valence-corrected chi connectivity index (χ4v) is 1.32. The maximum Gasteiger partial charge on any atom is 0.106 e. The molecule has 4 heteroatoms. The zero-order valence-electron chi connectivity index (χ0n) is 7.11. The molecular formula is C8H11N3S. The van der Waals surface area contributed by atoms with Crippen LogP contribution < -0.4 is 5.73 Å². The van der Waals surface area contributed by atoms with Gasteiger partial charge in [0.15, 0.2) is 0 Å². The van der Waals surface area contributed by atoms with Gasteiger partial charge in [0.1, 0.15) is 11.0 Å². The fraction of sp³-hybridized carbons (Fsp3) is 0.250. The zero-order chi connectivity index (χ0) is 8.97. The van der Waals surface area contributed by atoms with E-state index in [1.807, 2.05) is 32.0 Å². The van der Waals surface area contributed by atoms with Gasteiger partial charge in [-0.3, -0.25) is 0 Å². The Bertz CT molecular complexity index is 356. The maximum atomic E-state index is 5.52. The Kier molecular flexibility index (Phi) is 2.99. The molecule has 3 nitrogen and oxygen atoms in total. The topological polar surface area (TPSA) is 51.8 Å². The maximum absolute atomic E-state index is 5.52. The number of nitrogens with two attached hydrogens (primary N) is 1. The molecule has 0 saturated heterocycles. The predicted molar refractivity (Wildman–Crippen MR) is 53.2 cm³/mol. The molecule has 2 aromatic rings. The molecule has 1 heterocycles. The number of aromatic nitrogens is 2. The first-order chi connectivity index (χ1) is 5.86. The molecule has 0 saturated carbocycles. The molecule has 2 N–H and O–H groups in total. The van der Waals surface area contributed by atoms with Gasteiger partial charge in [-0.15, -0.1) is 0 Å². The van der Waals surface area contributed by atoms with Gasteiger partial charge < -0.3 is 5.73 Å². The highest BCUT2D eigenvalue weighted by Gasteiger charge is 1.95. The molecule has 0 aliphatic heterocycles. The Balaban J connectivity index is 0.000000336. The predicted octanol–water partition coefficient (Wildman–Crippen LogP) is 2.30. The summed E-state index contributed by atoms with van der Waals surface area (Å²) in [6.07, 6.45) is 0. The fourth-order valence-electron chi connectivity index (χ4n) is 0.799. The standard InChI is InChI=1S/C6H5N3S.C2H6/c7-4-1-2-5-6(3-4)9-10-8-5;1-2/h1-3H,7H2;1-2H3. The lowest BCUT2D eigenvalue weighted by Crippen LogP contribution is -1.82. The average Bonchev–Trinajstić information content (AvgIpc) is 2.54. The molecule has 0 radical (unpaired) electrons.